The molecule has 0 amide bonds. The van der Waals surface area contributed by atoms with Gasteiger partial charge in [0.05, 0.1) is 6.10 Å². The highest BCUT2D eigenvalue weighted by Crippen LogP contribution is 2.52. The molecule has 2 saturated heterocycles. The monoisotopic (exact) mass is 300 g/mol. The quantitative estimate of drug-likeness (QED) is 0.928. The van der Waals surface area contributed by atoms with Crippen LogP contribution in [0.1, 0.15) is 33.1 Å². The Bertz CT molecular complexity index is 507. The van der Waals surface area contributed by atoms with Crippen molar-refractivity contribution in [2.24, 2.45) is 11.3 Å². The Labute approximate surface area is 134 Å². The van der Waals surface area contributed by atoms with E-state index in [0.717, 1.165) is 12.5 Å². The standard InChI is InChI=1S/C19H28N2O/c1-19(2)17(16-10-13-22-18(16)19)20-14-8-11-21(12-9-14)15-6-4-3-5-7-15/h3-7,14,16-18,20H,8-13H2,1-2H3. The van der Waals surface area contributed by atoms with Gasteiger partial charge in [-0.15, -0.1) is 0 Å². The summed E-state index contributed by atoms with van der Waals surface area (Å²) in [6, 6.07) is 12.1. The van der Waals surface area contributed by atoms with E-state index in [1.807, 2.05) is 0 Å². The van der Waals surface area contributed by atoms with Crippen molar-refractivity contribution in [3.63, 3.8) is 0 Å². The maximum Gasteiger partial charge on any atom is 0.0685 e. The largest absolute Gasteiger partial charge is 0.377 e. The molecule has 3 atom stereocenters. The zero-order chi connectivity index (χ0) is 15.2. The van der Waals surface area contributed by atoms with E-state index >= 15 is 0 Å². The Morgan fingerprint density at radius 1 is 1.09 bits per heavy atom. The van der Waals surface area contributed by atoms with Gasteiger partial charge in [-0.05, 0) is 31.4 Å². The summed E-state index contributed by atoms with van der Waals surface area (Å²) >= 11 is 0. The van der Waals surface area contributed by atoms with E-state index in [1.165, 1.54) is 38.0 Å². The highest BCUT2D eigenvalue weighted by atomic mass is 16.5. The molecule has 1 N–H and O–H groups in total. The maximum absolute atomic E-state index is 5.91. The lowest BCUT2D eigenvalue weighted by Crippen LogP contribution is -2.67. The number of nitrogens with zero attached hydrogens (tertiary/aromatic N) is 1. The van der Waals surface area contributed by atoms with E-state index in [4.69, 9.17) is 4.74 Å². The average molecular weight is 300 g/mol. The Morgan fingerprint density at radius 3 is 2.55 bits per heavy atom. The van der Waals surface area contributed by atoms with Gasteiger partial charge >= 0.3 is 0 Å². The zero-order valence-corrected chi connectivity index (χ0v) is 13.8. The van der Waals surface area contributed by atoms with Crippen LogP contribution in [0.2, 0.25) is 0 Å². The zero-order valence-electron chi connectivity index (χ0n) is 13.8. The first-order valence-corrected chi connectivity index (χ1v) is 8.84. The van der Waals surface area contributed by atoms with Crippen LogP contribution in [0.15, 0.2) is 30.3 Å². The molecule has 0 radical (unpaired) electrons. The first-order chi connectivity index (χ1) is 10.7. The van der Waals surface area contributed by atoms with Crippen LogP contribution in [0, 0.1) is 11.3 Å². The number of benzene rings is 1. The van der Waals surface area contributed by atoms with Crippen LogP contribution in [0.4, 0.5) is 5.69 Å². The number of hydrogen-bond acceptors (Lipinski definition) is 3. The van der Waals surface area contributed by atoms with Crippen molar-refractivity contribution >= 4 is 5.69 Å². The number of anilines is 1. The van der Waals surface area contributed by atoms with E-state index in [9.17, 15) is 0 Å². The summed E-state index contributed by atoms with van der Waals surface area (Å²) < 4.78 is 5.91. The Hall–Kier alpha value is -1.06. The van der Waals surface area contributed by atoms with Gasteiger partial charge in [0.2, 0.25) is 0 Å². The summed E-state index contributed by atoms with van der Waals surface area (Å²) in [6.45, 7) is 8.04. The first-order valence-electron chi connectivity index (χ1n) is 8.84. The van der Waals surface area contributed by atoms with Crippen molar-refractivity contribution in [1.82, 2.24) is 5.32 Å². The van der Waals surface area contributed by atoms with Gasteiger partial charge in [-0.3, -0.25) is 0 Å². The molecule has 3 unspecified atom stereocenters. The van der Waals surface area contributed by atoms with E-state index in [0.29, 0.717) is 23.6 Å². The SMILES string of the molecule is CC1(C)C(NC2CCN(c3ccccc3)CC2)C2CCOC21. The smallest absolute Gasteiger partial charge is 0.0685 e. The average Bonchev–Trinajstić information content (AvgIpc) is 3.01. The molecule has 120 valence electrons. The molecule has 2 aliphatic heterocycles. The van der Waals surface area contributed by atoms with Crippen LogP contribution in [-0.4, -0.2) is 37.9 Å². The predicted molar refractivity (Wildman–Crippen MR) is 90.2 cm³/mol. The van der Waals surface area contributed by atoms with Crippen LogP contribution in [0.5, 0.6) is 0 Å². The minimum atomic E-state index is 0.303. The van der Waals surface area contributed by atoms with Gasteiger partial charge in [0.15, 0.2) is 0 Å². The highest BCUT2D eigenvalue weighted by Gasteiger charge is 2.59. The van der Waals surface area contributed by atoms with Crippen molar-refractivity contribution in [3.8, 4) is 0 Å². The molecule has 3 fully saturated rings. The van der Waals surface area contributed by atoms with Crippen molar-refractivity contribution in [3.05, 3.63) is 30.3 Å². The summed E-state index contributed by atoms with van der Waals surface area (Å²) in [6.07, 6.45) is 4.24. The van der Waals surface area contributed by atoms with E-state index in [-0.39, 0.29) is 0 Å². The number of ether oxygens (including phenoxy) is 1. The molecule has 1 aliphatic carbocycles. The number of hydrogen-bond donors (Lipinski definition) is 1. The molecular weight excluding hydrogens is 272 g/mol. The summed E-state index contributed by atoms with van der Waals surface area (Å²) in [5.74, 6) is 0.752. The predicted octanol–water partition coefficient (Wildman–Crippen LogP) is 3.06. The molecule has 0 spiro atoms. The Kier molecular flexibility index (Phi) is 3.66. The molecule has 1 saturated carbocycles. The van der Waals surface area contributed by atoms with Gasteiger partial charge in [-0.1, -0.05) is 32.0 Å². The first kappa shape index (κ1) is 14.5. The van der Waals surface area contributed by atoms with Gasteiger partial charge in [0, 0.05) is 48.8 Å². The number of piperidine rings is 1. The minimum Gasteiger partial charge on any atom is -0.377 e. The van der Waals surface area contributed by atoms with Gasteiger partial charge in [0.1, 0.15) is 0 Å². The lowest BCUT2D eigenvalue weighted by molar-refractivity contribution is -0.116. The van der Waals surface area contributed by atoms with Crippen molar-refractivity contribution in [1.29, 1.82) is 0 Å². The molecule has 3 heteroatoms. The van der Waals surface area contributed by atoms with Gasteiger partial charge < -0.3 is 15.0 Å². The Balaban J connectivity index is 1.33. The van der Waals surface area contributed by atoms with Crippen molar-refractivity contribution in [2.75, 3.05) is 24.6 Å². The number of nitrogens with one attached hydrogen (secondary N) is 1. The number of para-hydroxylation sites is 1. The highest BCUT2D eigenvalue weighted by molar-refractivity contribution is 5.46. The van der Waals surface area contributed by atoms with Crippen LogP contribution in [-0.2, 0) is 4.74 Å². The molecule has 2 heterocycles. The van der Waals surface area contributed by atoms with Crippen LogP contribution in [0.3, 0.4) is 0 Å². The third kappa shape index (κ3) is 2.35. The molecule has 4 rings (SSSR count). The van der Waals surface area contributed by atoms with E-state index in [1.54, 1.807) is 0 Å². The second-order valence-corrected chi connectivity index (χ2v) is 7.81. The third-order valence-electron chi connectivity index (χ3n) is 6.13. The number of rotatable bonds is 3. The van der Waals surface area contributed by atoms with Crippen molar-refractivity contribution in [2.45, 2.75) is 51.3 Å². The summed E-state index contributed by atoms with van der Waals surface area (Å²) in [5, 5.41) is 3.98. The molecule has 1 aromatic carbocycles. The topological polar surface area (TPSA) is 24.5 Å². The second kappa shape index (κ2) is 5.54. The lowest BCUT2D eigenvalue weighted by Gasteiger charge is -2.56. The lowest BCUT2D eigenvalue weighted by atomic mass is 9.57. The molecule has 1 aromatic rings. The summed E-state index contributed by atoms with van der Waals surface area (Å²) in [4.78, 5) is 2.52. The molecule has 3 aliphatic rings. The summed E-state index contributed by atoms with van der Waals surface area (Å²) in [7, 11) is 0. The van der Waals surface area contributed by atoms with Gasteiger partial charge in [-0.2, -0.15) is 0 Å². The second-order valence-electron chi connectivity index (χ2n) is 7.81. The van der Waals surface area contributed by atoms with Crippen LogP contribution >= 0.6 is 0 Å². The van der Waals surface area contributed by atoms with Crippen molar-refractivity contribution < 1.29 is 4.74 Å². The molecule has 3 nitrogen and oxygen atoms in total. The summed E-state index contributed by atoms with van der Waals surface area (Å²) in [5.41, 5.74) is 1.67. The Morgan fingerprint density at radius 2 is 1.82 bits per heavy atom. The molecular formula is C19H28N2O. The fourth-order valence-corrected chi connectivity index (χ4v) is 4.86. The maximum atomic E-state index is 5.91. The van der Waals surface area contributed by atoms with Gasteiger partial charge in [0.25, 0.3) is 0 Å². The molecule has 0 bridgehead atoms. The van der Waals surface area contributed by atoms with Crippen LogP contribution in [0.25, 0.3) is 0 Å². The van der Waals surface area contributed by atoms with E-state index < -0.39 is 0 Å². The fourth-order valence-electron chi connectivity index (χ4n) is 4.86. The van der Waals surface area contributed by atoms with Crippen LogP contribution < -0.4 is 10.2 Å². The fraction of sp³-hybridized carbons (Fsp3) is 0.684. The third-order valence-corrected chi connectivity index (χ3v) is 6.13. The van der Waals surface area contributed by atoms with Gasteiger partial charge in [-0.25, -0.2) is 0 Å². The molecule has 22 heavy (non-hydrogen) atoms. The normalized spacial score (nSPS) is 34.3. The number of fused-ring (bicyclic) bond motifs is 1. The minimum absolute atomic E-state index is 0.303. The van der Waals surface area contributed by atoms with E-state index in [2.05, 4.69) is 54.4 Å². The molecule has 0 aromatic heterocycles.